The molecule has 0 radical (unpaired) electrons. The fraction of sp³-hybridized carbons (Fsp3) is 0.429. The molecule has 2 rings (SSSR count). The smallest absolute Gasteiger partial charge is 0.0117 e. The Morgan fingerprint density at radius 3 is 3.07 bits per heavy atom. The number of hydrogen-bond donors (Lipinski definition) is 1. The summed E-state index contributed by atoms with van der Waals surface area (Å²) in [5.41, 5.74) is 9.10. The normalized spacial score (nSPS) is 20.7. The van der Waals surface area contributed by atoms with Gasteiger partial charge in [0, 0.05) is 12.5 Å². The number of nitrogens with two attached hydrogens (primary N) is 1. The predicted molar refractivity (Wildman–Crippen MR) is 63.5 cm³/mol. The van der Waals surface area contributed by atoms with Gasteiger partial charge in [-0.1, -0.05) is 24.3 Å². The van der Waals surface area contributed by atoms with Crippen molar-refractivity contribution in [2.24, 2.45) is 5.73 Å². The number of fused-ring (bicyclic) bond motifs is 1. The lowest BCUT2D eigenvalue weighted by molar-refractivity contribution is 0.503. The summed E-state index contributed by atoms with van der Waals surface area (Å²) in [5, 5.41) is 0. The van der Waals surface area contributed by atoms with Crippen molar-refractivity contribution in [3.8, 4) is 12.3 Å². The van der Waals surface area contributed by atoms with Crippen molar-refractivity contribution in [3.05, 3.63) is 35.4 Å². The van der Waals surface area contributed by atoms with Gasteiger partial charge in [-0.2, -0.15) is 0 Å². The Labute approximate surface area is 91.7 Å². The monoisotopic (exact) mass is 199 g/mol. The first-order chi connectivity index (χ1) is 7.33. The second-order valence-electron chi connectivity index (χ2n) is 4.25. The van der Waals surface area contributed by atoms with Crippen LogP contribution in [0.4, 0.5) is 0 Å². The lowest BCUT2D eigenvalue weighted by Gasteiger charge is -2.19. The van der Waals surface area contributed by atoms with E-state index in [4.69, 9.17) is 12.2 Å². The van der Waals surface area contributed by atoms with E-state index in [9.17, 15) is 0 Å². The fourth-order valence-electron chi connectivity index (χ4n) is 2.49. The molecule has 0 aromatic heterocycles. The minimum atomic E-state index is 0.227. The molecule has 1 heteroatoms. The minimum Gasteiger partial charge on any atom is -0.327 e. The molecule has 2 unspecified atom stereocenters. The van der Waals surface area contributed by atoms with Crippen LogP contribution in [0.5, 0.6) is 0 Å². The highest BCUT2D eigenvalue weighted by atomic mass is 14.7. The van der Waals surface area contributed by atoms with Gasteiger partial charge in [-0.15, -0.1) is 12.3 Å². The summed E-state index contributed by atoms with van der Waals surface area (Å²) in [6.45, 7) is 0. The quantitative estimate of drug-likeness (QED) is 0.743. The second kappa shape index (κ2) is 4.51. The van der Waals surface area contributed by atoms with Crippen molar-refractivity contribution < 1.29 is 0 Å². The molecule has 0 fully saturated rings. The highest BCUT2D eigenvalue weighted by Gasteiger charge is 2.26. The van der Waals surface area contributed by atoms with Gasteiger partial charge in [0.25, 0.3) is 0 Å². The molecule has 0 spiro atoms. The van der Waals surface area contributed by atoms with E-state index in [-0.39, 0.29) is 6.04 Å². The molecule has 0 saturated heterocycles. The number of terminal acetylenes is 1. The van der Waals surface area contributed by atoms with E-state index >= 15 is 0 Å². The van der Waals surface area contributed by atoms with Gasteiger partial charge in [0.1, 0.15) is 0 Å². The summed E-state index contributed by atoms with van der Waals surface area (Å²) in [5.74, 6) is 3.19. The van der Waals surface area contributed by atoms with E-state index in [1.54, 1.807) is 0 Å². The summed E-state index contributed by atoms with van der Waals surface area (Å²) >= 11 is 0. The molecule has 0 aliphatic heterocycles. The molecule has 1 nitrogen and oxygen atoms in total. The average Bonchev–Trinajstić information content (AvgIpc) is 2.69. The average molecular weight is 199 g/mol. The van der Waals surface area contributed by atoms with Crippen molar-refractivity contribution in [2.75, 3.05) is 0 Å². The fourth-order valence-corrected chi connectivity index (χ4v) is 2.49. The van der Waals surface area contributed by atoms with E-state index in [0.29, 0.717) is 5.92 Å². The van der Waals surface area contributed by atoms with E-state index in [0.717, 1.165) is 12.8 Å². The first kappa shape index (κ1) is 10.3. The van der Waals surface area contributed by atoms with Crippen LogP contribution in [0.25, 0.3) is 0 Å². The van der Waals surface area contributed by atoms with Gasteiger partial charge in [-0.3, -0.25) is 0 Å². The van der Waals surface area contributed by atoms with Gasteiger partial charge in [0.2, 0.25) is 0 Å². The van der Waals surface area contributed by atoms with Gasteiger partial charge in [0.05, 0.1) is 0 Å². The van der Waals surface area contributed by atoms with Crippen LogP contribution in [0, 0.1) is 12.3 Å². The Morgan fingerprint density at radius 1 is 1.47 bits per heavy atom. The second-order valence-corrected chi connectivity index (χ2v) is 4.25. The highest BCUT2D eigenvalue weighted by Crippen LogP contribution is 2.35. The summed E-state index contributed by atoms with van der Waals surface area (Å²) in [7, 11) is 0. The largest absolute Gasteiger partial charge is 0.327 e. The number of benzene rings is 1. The number of rotatable bonds is 3. The van der Waals surface area contributed by atoms with Crippen LogP contribution in [0.15, 0.2) is 24.3 Å². The molecule has 2 atom stereocenters. The Kier molecular flexibility index (Phi) is 3.08. The first-order valence-electron chi connectivity index (χ1n) is 5.59. The summed E-state index contributed by atoms with van der Waals surface area (Å²) in [4.78, 5) is 0. The Morgan fingerprint density at radius 2 is 2.27 bits per heavy atom. The third kappa shape index (κ3) is 2.06. The van der Waals surface area contributed by atoms with E-state index in [2.05, 4.69) is 30.2 Å². The van der Waals surface area contributed by atoms with Gasteiger partial charge < -0.3 is 5.73 Å². The summed E-state index contributed by atoms with van der Waals surface area (Å²) in [6, 6.07) is 8.86. The van der Waals surface area contributed by atoms with Crippen LogP contribution in [-0.2, 0) is 6.42 Å². The number of hydrogen-bond acceptors (Lipinski definition) is 1. The Hall–Kier alpha value is -1.26. The SMILES string of the molecule is C#CCCC(N)C1CCc2ccccc21. The van der Waals surface area contributed by atoms with Gasteiger partial charge in [-0.25, -0.2) is 0 Å². The van der Waals surface area contributed by atoms with Crippen LogP contribution in [0.3, 0.4) is 0 Å². The first-order valence-corrected chi connectivity index (χ1v) is 5.59. The van der Waals surface area contributed by atoms with Crippen molar-refractivity contribution in [2.45, 2.75) is 37.6 Å². The van der Waals surface area contributed by atoms with Gasteiger partial charge >= 0.3 is 0 Å². The van der Waals surface area contributed by atoms with Crippen molar-refractivity contribution in [1.29, 1.82) is 0 Å². The standard InChI is InChI=1S/C14H17N/c1-2-3-8-14(15)13-10-9-11-6-4-5-7-12(11)13/h1,4-7,13-14H,3,8-10,15H2. The van der Waals surface area contributed by atoms with E-state index in [1.807, 2.05) is 0 Å². The van der Waals surface area contributed by atoms with Gasteiger partial charge in [0.15, 0.2) is 0 Å². The maximum Gasteiger partial charge on any atom is 0.0117 e. The molecule has 0 saturated carbocycles. The number of aryl methyl sites for hydroxylation is 1. The lowest BCUT2D eigenvalue weighted by atomic mass is 9.91. The molecule has 1 aliphatic carbocycles. The summed E-state index contributed by atoms with van der Waals surface area (Å²) in [6.07, 6.45) is 9.35. The highest BCUT2D eigenvalue weighted by molar-refractivity contribution is 5.35. The molecule has 2 N–H and O–H groups in total. The predicted octanol–water partition coefficient (Wildman–Crippen LogP) is 2.46. The van der Waals surface area contributed by atoms with E-state index < -0.39 is 0 Å². The lowest BCUT2D eigenvalue weighted by Crippen LogP contribution is -2.26. The van der Waals surface area contributed by atoms with E-state index in [1.165, 1.54) is 24.0 Å². The molecule has 1 aromatic carbocycles. The zero-order valence-electron chi connectivity index (χ0n) is 8.95. The zero-order chi connectivity index (χ0) is 10.7. The van der Waals surface area contributed by atoms with Crippen molar-refractivity contribution in [3.63, 3.8) is 0 Å². The van der Waals surface area contributed by atoms with Crippen LogP contribution in [-0.4, -0.2) is 6.04 Å². The zero-order valence-corrected chi connectivity index (χ0v) is 8.95. The minimum absolute atomic E-state index is 0.227. The van der Waals surface area contributed by atoms with Crippen LogP contribution >= 0.6 is 0 Å². The molecule has 15 heavy (non-hydrogen) atoms. The summed E-state index contributed by atoms with van der Waals surface area (Å²) < 4.78 is 0. The maximum atomic E-state index is 6.18. The molecule has 0 bridgehead atoms. The third-order valence-electron chi connectivity index (χ3n) is 3.32. The molecule has 0 amide bonds. The Balaban J connectivity index is 2.10. The Bertz CT molecular complexity index is 375. The molecule has 0 heterocycles. The molecular formula is C14H17N. The van der Waals surface area contributed by atoms with Crippen molar-refractivity contribution >= 4 is 0 Å². The molecule has 1 aliphatic rings. The topological polar surface area (TPSA) is 26.0 Å². The van der Waals surface area contributed by atoms with Crippen LogP contribution < -0.4 is 5.73 Å². The van der Waals surface area contributed by atoms with Gasteiger partial charge in [-0.05, 0) is 36.3 Å². The van der Waals surface area contributed by atoms with Crippen LogP contribution in [0.1, 0.15) is 36.3 Å². The molecule has 1 aromatic rings. The molecular weight excluding hydrogens is 182 g/mol. The van der Waals surface area contributed by atoms with Crippen LogP contribution in [0.2, 0.25) is 0 Å². The van der Waals surface area contributed by atoms with Crippen molar-refractivity contribution in [1.82, 2.24) is 0 Å². The molecule has 78 valence electrons. The third-order valence-corrected chi connectivity index (χ3v) is 3.32. The maximum absolute atomic E-state index is 6.18.